The first kappa shape index (κ1) is 11.2. The van der Waals surface area contributed by atoms with E-state index in [0.29, 0.717) is 5.92 Å². The van der Waals surface area contributed by atoms with Gasteiger partial charge >= 0.3 is 0 Å². The van der Waals surface area contributed by atoms with Gasteiger partial charge in [-0.2, -0.15) is 0 Å². The van der Waals surface area contributed by atoms with Crippen molar-refractivity contribution in [2.75, 3.05) is 0 Å². The van der Waals surface area contributed by atoms with Crippen molar-refractivity contribution in [2.24, 2.45) is 17.3 Å². The van der Waals surface area contributed by atoms with Crippen LogP contribution in [0.2, 0.25) is 0 Å². The van der Waals surface area contributed by atoms with Crippen LogP contribution in [-0.4, -0.2) is 5.78 Å². The summed E-state index contributed by atoms with van der Waals surface area (Å²) >= 11 is 0. The molecule has 0 fully saturated rings. The van der Waals surface area contributed by atoms with Gasteiger partial charge in [-0.15, -0.1) is 0 Å². The highest BCUT2D eigenvalue weighted by molar-refractivity contribution is 5.92. The Balaban J connectivity index is 2.93. The second-order valence-electron chi connectivity index (χ2n) is 4.86. The maximum absolute atomic E-state index is 11.9. The first-order chi connectivity index (χ1) is 6.49. The summed E-state index contributed by atoms with van der Waals surface area (Å²) in [5, 5.41) is 0. The van der Waals surface area contributed by atoms with Gasteiger partial charge in [0, 0.05) is 5.92 Å². The molecule has 1 aliphatic carbocycles. The average molecular weight is 192 g/mol. The molecule has 0 heterocycles. The zero-order valence-corrected chi connectivity index (χ0v) is 9.58. The SMILES string of the molecule is CC=CC(=O)[C@H]1C(C)C=CCC1(C)C. The van der Waals surface area contributed by atoms with Crippen LogP contribution in [0.25, 0.3) is 0 Å². The predicted octanol–water partition coefficient (Wildman–Crippen LogP) is 3.37. The Hall–Kier alpha value is -0.850. The number of hydrogen-bond donors (Lipinski definition) is 0. The third kappa shape index (κ3) is 2.14. The molecule has 0 aromatic rings. The largest absolute Gasteiger partial charge is 0.295 e. The molecule has 0 aromatic carbocycles. The van der Waals surface area contributed by atoms with E-state index in [9.17, 15) is 4.79 Å². The van der Waals surface area contributed by atoms with E-state index in [1.54, 1.807) is 6.08 Å². The Morgan fingerprint density at radius 1 is 1.50 bits per heavy atom. The van der Waals surface area contributed by atoms with E-state index in [4.69, 9.17) is 0 Å². The van der Waals surface area contributed by atoms with Crippen molar-refractivity contribution in [1.29, 1.82) is 0 Å². The Morgan fingerprint density at radius 2 is 2.14 bits per heavy atom. The van der Waals surface area contributed by atoms with E-state index in [0.717, 1.165) is 6.42 Å². The molecule has 2 atom stereocenters. The summed E-state index contributed by atoms with van der Waals surface area (Å²) in [5.41, 5.74) is 0.102. The molecule has 0 amide bonds. The van der Waals surface area contributed by atoms with Crippen LogP contribution < -0.4 is 0 Å². The van der Waals surface area contributed by atoms with Gasteiger partial charge in [-0.05, 0) is 30.8 Å². The number of carbonyl (C=O) groups is 1. The average Bonchev–Trinajstić information content (AvgIpc) is 2.02. The fraction of sp³-hybridized carbons (Fsp3) is 0.615. The summed E-state index contributed by atoms with van der Waals surface area (Å²) < 4.78 is 0. The highest BCUT2D eigenvalue weighted by atomic mass is 16.1. The van der Waals surface area contributed by atoms with E-state index in [1.807, 2.05) is 13.0 Å². The van der Waals surface area contributed by atoms with Gasteiger partial charge in [0.15, 0.2) is 5.78 Å². The highest BCUT2D eigenvalue weighted by Gasteiger charge is 2.38. The molecule has 0 aromatic heterocycles. The Kier molecular flexibility index (Phi) is 3.30. The molecular weight excluding hydrogens is 172 g/mol. The van der Waals surface area contributed by atoms with Crippen molar-refractivity contribution in [3.8, 4) is 0 Å². The van der Waals surface area contributed by atoms with Gasteiger partial charge in [-0.25, -0.2) is 0 Å². The van der Waals surface area contributed by atoms with E-state index < -0.39 is 0 Å². The summed E-state index contributed by atoms with van der Waals surface area (Å²) in [7, 11) is 0. The molecule has 0 radical (unpaired) electrons. The van der Waals surface area contributed by atoms with Crippen LogP contribution in [0.1, 0.15) is 34.1 Å². The number of ketones is 1. The molecule has 1 unspecified atom stereocenters. The minimum Gasteiger partial charge on any atom is -0.295 e. The van der Waals surface area contributed by atoms with E-state index in [1.165, 1.54) is 0 Å². The van der Waals surface area contributed by atoms with Crippen molar-refractivity contribution < 1.29 is 4.79 Å². The van der Waals surface area contributed by atoms with Gasteiger partial charge in [0.05, 0.1) is 0 Å². The maximum atomic E-state index is 11.9. The smallest absolute Gasteiger partial charge is 0.159 e. The zero-order chi connectivity index (χ0) is 10.8. The van der Waals surface area contributed by atoms with Gasteiger partial charge in [0.2, 0.25) is 0 Å². The molecule has 0 bridgehead atoms. The first-order valence-corrected chi connectivity index (χ1v) is 5.32. The van der Waals surface area contributed by atoms with Crippen molar-refractivity contribution in [2.45, 2.75) is 34.1 Å². The van der Waals surface area contributed by atoms with Gasteiger partial charge in [-0.3, -0.25) is 4.79 Å². The summed E-state index contributed by atoms with van der Waals surface area (Å²) in [6.07, 6.45) is 8.91. The van der Waals surface area contributed by atoms with Crippen LogP contribution in [-0.2, 0) is 4.79 Å². The number of allylic oxidation sites excluding steroid dienone is 4. The predicted molar refractivity (Wildman–Crippen MR) is 60.0 cm³/mol. The topological polar surface area (TPSA) is 17.1 Å². The lowest BCUT2D eigenvalue weighted by molar-refractivity contribution is -0.123. The molecule has 1 nitrogen and oxygen atoms in total. The van der Waals surface area contributed by atoms with E-state index in [2.05, 4.69) is 32.9 Å². The molecular formula is C13H20O. The Labute approximate surface area is 86.9 Å². The minimum absolute atomic E-state index is 0.102. The second kappa shape index (κ2) is 4.12. The summed E-state index contributed by atoms with van der Waals surface area (Å²) in [4.78, 5) is 11.9. The van der Waals surface area contributed by atoms with Crippen LogP contribution in [0.15, 0.2) is 24.3 Å². The van der Waals surface area contributed by atoms with Crippen molar-refractivity contribution in [3.05, 3.63) is 24.3 Å². The van der Waals surface area contributed by atoms with Gasteiger partial charge in [0.1, 0.15) is 0 Å². The maximum Gasteiger partial charge on any atom is 0.159 e. The third-order valence-electron chi connectivity index (χ3n) is 3.09. The number of hydrogen-bond acceptors (Lipinski definition) is 1. The van der Waals surface area contributed by atoms with Crippen molar-refractivity contribution in [3.63, 3.8) is 0 Å². The molecule has 1 aliphatic rings. The lowest BCUT2D eigenvalue weighted by Crippen LogP contribution is -2.36. The first-order valence-electron chi connectivity index (χ1n) is 5.32. The molecule has 1 rings (SSSR count). The second-order valence-corrected chi connectivity index (χ2v) is 4.86. The van der Waals surface area contributed by atoms with E-state index >= 15 is 0 Å². The van der Waals surface area contributed by atoms with Crippen LogP contribution in [0.3, 0.4) is 0 Å². The fourth-order valence-corrected chi connectivity index (χ4v) is 2.45. The number of rotatable bonds is 2. The molecule has 0 aliphatic heterocycles. The van der Waals surface area contributed by atoms with Gasteiger partial charge in [0.25, 0.3) is 0 Å². The third-order valence-corrected chi connectivity index (χ3v) is 3.09. The molecule has 1 heteroatoms. The molecule has 0 saturated carbocycles. The highest BCUT2D eigenvalue weighted by Crippen LogP contribution is 2.41. The Morgan fingerprint density at radius 3 is 2.64 bits per heavy atom. The lowest BCUT2D eigenvalue weighted by atomic mass is 9.65. The van der Waals surface area contributed by atoms with Gasteiger partial charge in [-0.1, -0.05) is 39.0 Å². The summed E-state index contributed by atoms with van der Waals surface area (Å²) in [5.74, 6) is 0.778. The summed E-state index contributed by atoms with van der Waals surface area (Å²) in [6, 6.07) is 0. The van der Waals surface area contributed by atoms with Crippen LogP contribution in [0.4, 0.5) is 0 Å². The molecule has 14 heavy (non-hydrogen) atoms. The number of carbonyl (C=O) groups excluding carboxylic acids is 1. The Bertz CT molecular complexity index is 271. The molecule has 0 N–H and O–H groups in total. The van der Waals surface area contributed by atoms with Crippen LogP contribution in [0, 0.1) is 17.3 Å². The van der Waals surface area contributed by atoms with Crippen LogP contribution in [0.5, 0.6) is 0 Å². The van der Waals surface area contributed by atoms with Gasteiger partial charge < -0.3 is 0 Å². The quantitative estimate of drug-likeness (QED) is 0.484. The monoisotopic (exact) mass is 192 g/mol. The normalized spacial score (nSPS) is 30.9. The zero-order valence-electron chi connectivity index (χ0n) is 9.58. The standard InChI is InChI=1S/C13H20O/c1-5-7-11(14)12-10(2)8-6-9-13(12,3)4/h5-8,10,12H,9H2,1-4H3/t10?,12-/m1/s1. The van der Waals surface area contributed by atoms with Crippen LogP contribution >= 0.6 is 0 Å². The van der Waals surface area contributed by atoms with Crippen molar-refractivity contribution >= 4 is 5.78 Å². The minimum atomic E-state index is 0.102. The lowest BCUT2D eigenvalue weighted by Gasteiger charge is -2.38. The fourth-order valence-electron chi connectivity index (χ4n) is 2.45. The summed E-state index contributed by atoms with van der Waals surface area (Å²) in [6.45, 7) is 8.38. The van der Waals surface area contributed by atoms with E-state index in [-0.39, 0.29) is 17.1 Å². The molecule has 78 valence electrons. The molecule has 0 saturated heterocycles. The van der Waals surface area contributed by atoms with Crippen molar-refractivity contribution in [1.82, 2.24) is 0 Å². The molecule has 0 spiro atoms.